The molecular formula is C19H26Cl2Zr. The molecule has 0 aromatic carbocycles. The number of rotatable bonds is 0. The van der Waals surface area contributed by atoms with E-state index < -0.39 is 0 Å². The van der Waals surface area contributed by atoms with E-state index in [0.29, 0.717) is 0 Å². The molecule has 1 fully saturated rings. The predicted molar refractivity (Wildman–Crippen MR) is 83.4 cm³/mol. The van der Waals surface area contributed by atoms with Crippen LogP contribution in [0.5, 0.6) is 0 Å². The second kappa shape index (κ2) is 10.2. The third-order valence-corrected chi connectivity index (χ3v) is 4.77. The summed E-state index contributed by atoms with van der Waals surface area (Å²) in [5.41, 5.74) is 5.98. The first-order valence-corrected chi connectivity index (χ1v) is 7.42. The van der Waals surface area contributed by atoms with Gasteiger partial charge in [0, 0.05) is 0 Å². The van der Waals surface area contributed by atoms with Crippen LogP contribution in [0.25, 0.3) is 0 Å². The van der Waals surface area contributed by atoms with Crippen LogP contribution in [0.1, 0.15) is 53.9 Å². The van der Waals surface area contributed by atoms with Crippen molar-refractivity contribution < 1.29 is 51.0 Å². The Morgan fingerprint density at radius 1 is 1.18 bits per heavy atom. The van der Waals surface area contributed by atoms with Gasteiger partial charge in [-0.05, 0) is 12.3 Å². The molecule has 3 heteroatoms. The molecule has 3 rings (SSSR count). The van der Waals surface area contributed by atoms with Crippen LogP contribution in [0.15, 0.2) is 40.5 Å². The van der Waals surface area contributed by atoms with E-state index in [0.717, 1.165) is 5.92 Å². The van der Waals surface area contributed by atoms with Crippen LogP contribution in [0.4, 0.5) is 0 Å². The molecule has 0 spiro atoms. The van der Waals surface area contributed by atoms with E-state index in [1.807, 2.05) is 0 Å². The molecule has 120 valence electrons. The maximum absolute atomic E-state index is 3.44. The maximum atomic E-state index is 3.44. The van der Waals surface area contributed by atoms with Crippen molar-refractivity contribution in [3.63, 3.8) is 0 Å². The average molecular weight is 417 g/mol. The van der Waals surface area contributed by atoms with Crippen LogP contribution in [0, 0.1) is 23.8 Å². The predicted octanol–water partition coefficient (Wildman–Crippen LogP) is -0.395. The van der Waals surface area contributed by atoms with E-state index >= 15 is 0 Å². The van der Waals surface area contributed by atoms with Crippen LogP contribution < -0.4 is 24.8 Å². The second-order valence-electron chi connectivity index (χ2n) is 6.43. The second-order valence-corrected chi connectivity index (χ2v) is 6.43. The molecule has 3 aliphatic rings. The van der Waals surface area contributed by atoms with Crippen molar-refractivity contribution in [1.82, 2.24) is 0 Å². The number of allylic oxidation sites excluding steroid dienone is 8. The summed E-state index contributed by atoms with van der Waals surface area (Å²) in [5, 5.41) is 0. The molecule has 1 atom stereocenters. The van der Waals surface area contributed by atoms with Crippen molar-refractivity contribution in [2.45, 2.75) is 53.9 Å². The van der Waals surface area contributed by atoms with Crippen LogP contribution in [-0.2, 0) is 26.2 Å². The summed E-state index contributed by atoms with van der Waals surface area (Å²) in [6.07, 6.45) is 16.5. The molecule has 0 nitrogen and oxygen atoms in total. The summed E-state index contributed by atoms with van der Waals surface area (Å²) in [4.78, 5) is 0. The molecule has 0 aromatic heterocycles. The number of hydrogen-bond acceptors (Lipinski definition) is 0. The molecule has 0 bridgehead atoms. The van der Waals surface area contributed by atoms with E-state index in [1.54, 1.807) is 5.57 Å². The Hall–Kier alpha value is 0.293. The van der Waals surface area contributed by atoms with Gasteiger partial charge in [-0.15, -0.1) is 25.5 Å². The SMILES string of the molecule is C1=CCC2CC[CH-]C2=C1.CC1=[C-]C(C)(C)C(C)=C1C.[Cl-].[Cl-].[Zr+4]. The smallest absolute Gasteiger partial charge is 1.00 e. The minimum atomic E-state index is 0. The Morgan fingerprint density at radius 2 is 1.82 bits per heavy atom. The van der Waals surface area contributed by atoms with Crippen molar-refractivity contribution in [2.75, 3.05) is 0 Å². The summed E-state index contributed by atoms with van der Waals surface area (Å²) in [6.45, 7) is 10.9. The van der Waals surface area contributed by atoms with Crippen molar-refractivity contribution in [1.29, 1.82) is 0 Å². The molecule has 1 unspecified atom stereocenters. The first-order chi connectivity index (χ1) is 8.92. The van der Waals surface area contributed by atoms with Gasteiger partial charge in [-0.1, -0.05) is 39.5 Å². The summed E-state index contributed by atoms with van der Waals surface area (Å²) in [5.74, 6) is 0.884. The monoisotopic (exact) mass is 414 g/mol. The van der Waals surface area contributed by atoms with Crippen LogP contribution in [0.3, 0.4) is 0 Å². The van der Waals surface area contributed by atoms with E-state index in [2.05, 4.69) is 65.3 Å². The van der Waals surface area contributed by atoms with Gasteiger partial charge in [0.2, 0.25) is 0 Å². The molecule has 0 radical (unpaired) electrons. The number of fused-ring (bicyclic) bond motifs is 1. The van der Waals surface area contributed by atoms with Gasteiger partial charge in [0.05, 0.1) is 0 Å². The van der Waals surface area contributed by atoms with Gasteiger partial charge in [-0.25, -0.2) is 23.6 Å². The normalized spacial score (nSPS) is 23.4. The molecule has 3 aliphatic carbocycles. The fourth-order valence-electron chi connectivity index (χ4n) is 3.07. The third kappa shape index (κ3) is 5.73. The van der Waals surface area contributed by atoms with Gasteiger partial charge in [0.1, 0.15) is 0 Å². The number of halogens is 2. The van der Waals surface area contributed by atoms with Gasteiger partial charge in [-0.3, -0.25) is 6.08 Å². The molecule has 22 heavy (non-hydrogen) atoms. The van der Waals surface area contributed by atoms with Gasteiger partial charge in [0.25, 0.3) is 0 Å². The van der Waals surface area contributed by atoms with Gasteiger partial charge >= 0.3 is 26.2 Å². The Labute approximate surface area is 168 Å². The fraction of sp³-hybridized carbons (Fsp3) is 0.526. The first kappa shape index (κ1) is 24.5. The molecule has 0 N–H and O–H groups in total. The Morgan fingerprint density at radius 3 is 2.23 bits per heavy atom. The summed E-state index contributed by atoms with van der Waals surface area (Å²) in [6, 6.07) is 0. The van der Waals surface area contributed by atoms with Crippen molar-refractivity contribution in [3.8, 4) is 0 Å². The van der Waals surface area contributed by atoms with Crippen LogP contribution in [0.2, 0.25) is 0 Å². The van der Waals surface area contributed by atoms with Gasteiger partial charge < -0.3 is 24.8 Å². The number of hydrogen-bond donors (Lipinski definition) is 0. The molecule has 0 amide bonds. The maximum Gasteiger partial charge on any atom is 4.00 e. The zero-order valence-corrected chi connectivity index (χ0v) is 18.2. The molecule has 1 saturated carbocycles. The van der Waals surface area contributed by atoms with Gasteiger partial charge in [-0.2, -0.15) is 11.1 Å². The molecule has 0 aliphatic heterocycles. The van der Waals surface area contributed by atoms with Crippen LogP contribution >= 0.6 is 0 Å². The molecule has 0 saturated heterocycles. The van der Waals surface area contributed by atoms with E-state index in [1.165, 1.54) is 36.0 Å². The Kier molecular flexibility index (Phi) is 11.4. The fourth-order valence-corrected chi connectivity index (χ4v) is 3.07. The quantitative estimate of drug-likeness (QED) is 0.472. The van der Waals surface area contributed by atoms with E-state index in [4.69, 9.17) is 0 Å². The van der Waals surface area contributed by atoms with Gasteiger partial charge in [0.15, 0.2) is 0 Å². The minimum Gasteiger partial charge on any atom is -1.00 e. The first-order valence-electron chi connectivity index (χ1n) is 7.42. The largest absolute Gasteiger partial charge is 4.00 e. The molecule has 0 aromatic rings. The third-order valence-electron chi connectivity index (χ3n) is 4.77. The average Bonchev–Trinajstić information content (AvgIpc) is 2.90. The minimum absolute atomic E-state index is 0. The van der Waals surface area contributed by atoms with E-state index in [9.17, 15) is 0 Å². The topological polar surface area (TPSA) is 0 Å². The van der Waals surface area contributed by atoms with Crippen molar-refractivity contribution >= 4 is 0 Å². The molecular weight excluding hydrogens is 390 g/mol. The standard InChI is InChI=1S/C10H15.C9H11.2ClH.Zr/c1-7-6-10(4,5)9(3)8(7)2;1-2-5-9-7-3-6-8(9)4-1;;;/h1-5H3;1-2,4,6,9H,3,5,7H2;2*1H;/q2*-1;;;+4/p-2. The zero-order valence-electron chi connectivity index (χ0n) is 14.3. The Bertz CT molecular complexity index is 482. The van der Waals surface area contributed by atoms with Crippen LogP contribution in [-0.4, -0.2) is 0 Å². The van der Waals surface area contributed by atoms with E-state index in [-0.39, 0.29) is 56.4 Å². The molecule has 0 heterocycles. The Balaban J connectivity index is 0. The van der Waals surface area contributed by atoms with Crippen molar-refractivity contribution in [2.24, 2.45) is 11.3 Å². The summed E-state index contributed by atoms with van der Waals surface area (Å²) < 4.78 is 0. The summed E-state index contributed by atoms with van der Waals surface area (Å²) in [7, 11) is 0. The summed E-state index contributed by atoms with van der Waals surface area (Å²) >= 11 is 0. The zero-order chi connectivity index (χ0) is 14.0. The van der Waals surface area contributed by atoms with Crippen molar-refractivity contribution in [3.05, 3.63) is 53.0 Å².